The summed E-state index contributed by atoms with van der Waals surface area (Å²) in [5, 5.41) is 11.9. The molecule has 5 heteroatoms. The van der Waals surface area contributed by atoms with Crippen LogP contribution in [0.4, 0.5) is 0 Å². The topological polar surface area (TPSA) is 75.1 Å². The van der Waals surface area contributed by atoms with Gasteiger partial charge in [-0.2, -0.15) is 0 Å². The highest BCUT2D eigenvalue weighted by atomic mass is 16.3. The highest BCUT2D eigenvalue weighted by Crippen LogP contribution is 2.31. The van der Waals surface area contributed by atoms with Gasteiger partial charge in [0.1, 0.15) is 11.5 Å². The summed E-state index contributed by atoms with van der Waals surface area (Å²) >= 11 is 0. The van der Waals surface area contributed by atoms with Crippen molar-refractivity contribution in [2.75, 3.05) is 6.61 Å². The van der Waals surface area contributed by atoms with E-state index in [2.05, 4.69) is 15.3 Å². The number of aliphatic hydroxyl groups excluding tert-OH is 1. The number of rotatable bonds is 6. The van der Waals surface area contributed by atoms with E-state index in [0.29, 0.717) is 18.0 Å². The van der Waals surface area contributed by atoms with E-state index in [9.17, 15) is 4.79 Å². The first-order valence-corrected chi connectivity index (χ1v) is 7.49. The molecule has 1 amide bonds. The van der Waals surface area contributed by atoms with Crippen LogP contribution in [0.15, 0.2) is 12.3 Å². The van der Waals surface area contributed by atoms with Gasteiger partial charge >= 0.3 is 0 Å². The Labute approximate surface area is 119 Å². The largest absolute Gasteiger partial charge is 0.396 e. The van der Waals surface area contributed by atoms with Crippen molar-refractivity contribution in [2.24, 2.45) is 0 Å². The molecule has 2 N–H and O–H groups in total. The molecule has 1 aromatic rings. The Balaban J connectivity index is 2.03. The maximum absolute atomic E-state index is 12.2. The Morgan fingerprint density at radius 2 is 2.25 bits per heavy atom. The summed E-state index contributed by atoms with van der Waals surface area (Å²) in [7, 11) is 0. The number of nitrogens with zero attached hydrogens (tertiary/aromatic N) is 2. The molecule has 1 aromatic heterocycles. The zero-order valence-electron chi connectivity index (χ0n) is 12.0. The summed E-state index contributed by atoms with van der Waals surface area (Å²) in [5.41, 5.74) is 0.429. The van der Waals surface area contributed by atoms with Gasteiger partial charge in [-0.25, -0.2) is 9.97 Å². The van der Waals surface area contributed by atoms with Crippen molar-refractivity contribution in [1.82, 2.24) is 15.3 Å². The molecular formula is C15H23N3O2. The second kappa shape index (κ2) is 7.33. The van der Waals surface area contributed by atoms with Crippen molar-refractivity contribution >= 4 is 5.91 Å². The Bertz CT molecular complexity index is 444. The van der Waals surface area contributed by atoms with Crippen LogP contribution in [0, 0.1) is 0 Å². The fraction of sp³-hybridized carbons (Fsp3) is 0.667. The molecule has 1 unspecified atom stereocenters. The van der Waals surface area contributed by atoms with Crippen molar-refractivity contribution in [3.63, 3.8) is 0 Å². The van der Waals surface area contributed by atoms with Crippen LogP contribution in [0.1, 0.15) is 67.7 Å². The SMILES string of the molecule is CCC(CCO)NC(=O)c1ccnc(C2CCCC2)n1. The summed E-state index contributed by atoms with van der Waals surface area (Å²) in [6.45, 7) is 2.07. The number of hydrogen-bond donors (Lipinski definition) is 2. The molecule has 1 atom stereocenters. The Hall–Kier alpha value is -1.49. The van der Waals surface area contributed by atoms with Crippen molar-refractivity contribution in [1.29, 1.82) is 0 Å². The minimum absolute atomic E-state index is 0.00241. The molecule has 20 heavy (non-hydrogen) atoms. The fourth-order valence-electron chi connectivity index (χ4n) is 2.67. The first kappa shape index (κ1) is 14.9. The zero-order valence-corrected chi connectivity index (χ0v) is 12.0. The predicted octanol–water partition coefficient (Wildman–Crippen LogP) is 2.02. The van der Waals surface area contributed by atoms with Gasteiger partial charge in [-0.15, -0.1) is 0 Å². The summed E-state index contributed by atoms with van der Waals surface area (Å²) in [5.74, 6) is 1.03. The lowest BCUT2D eigenvalue weighted by atomic mass is 10.1. The normalized spacial score (nSPS) is 17.1. The van der Waals surface area contributed by atoms with E-state index >= 15 is 0 Å². The third kappa shape index (κ3) is 3.76. The van der Waals surface area contributed by atoms with Gasteiger partial charge in [-0.1, -0.05) is 19.8 Å². The standard InChI is InChI=1S/C15H23N3O2/c1-2-12(8-10-19)17-15(20)13-7-9-16-14(18-13)11-5-3-4-6-11/h7,9,11-12,19H,2-6,8,10H2,1H3,(H,17,20). The monoisotopic (exact) mass is 277 g/mol. The molecule has 1 heterocycles. The van der Waals surface area contributed by atoms with E-state index in [1.807, 2.05) is 6.92 Å². The Morgan fingerprint density at radius 1 is 1.50 bits per heavy atom. The molecule has 0 bridgehead atoms. The highest BCUT2D eigenvalue weighted by Gasteiger charge is 2.21. The predicted molar refractivity (Wildman–Crippen MR) is 76.5 cm³/mol. The van der Waals surface area contributed by atoms with Crippen molar-refractivity contribution in [2.45, 2.75) is 57.4 Å². The lowest BCUT2D eigenvalue weighted by Crippen LogP contribution is -2.35. The number of aromatic nitrogens is 2. The second-order valence-electron chi connectivity index (χ2n) is 5.37. The molecular weight excluding hydrogens is 254 g/mol. The van der Waals surface area contributed by atoms with E-state index < -0.39 is 0 Å². The van der Waals surface area contributed by atoms with Crippen LogP contribution in [0.2, 0.25) is 0 Å². The number of aliphatic hydroxyl groups is 1. The van der Waals surface area contributed by atoms with Crippen LogP contribution >= 0.6 is 0 Å². The maximum Gasteiger partial charge on any atom is 0.270 e. The highest BCUT2D eigenvalue weighted by molar-refractivity contribution is 5.92. The van der Waals surface area contributed by atoms with Crippen molar-refractivity contribution in [3.8, 4) is 0 Å². The van der Waals surface area contributed by atoms with Gasteiger partial charge in [-0.3, -0.25) is 4.79 Å². The van der Waals surface area contributed by atoms with Crippen LogP contribution in [0.5, 0.6) is 0 Å². The number of nitrogens with one attached hydrogen (secondary N) is 1. The molecule has 5 nitrogen and oxygen atoms in total. The zero-order chi connectivity index (χ0) is 14.4. The van der Waals surface area contributed by atoms with E-state index in [-0.39, 0.29) is 18.6 Å². The Kier molecular flexibility index (Phi) is 5.47. The molecule has 110 valence electrons. The molecule has 1 saturated carbocycles. The molecule has 1 fully saturated rings. The van der Waals surface area contributed by atoms with Gasteiger partial charge in [0.05, 0.1) is 0 Å². The summed E-state index contributed by atoms with van der Waals surface area (Å²) < 4.78 is 0. The molecule has 0 saturated heterocycles. The summed E-state index contributed by atoms with van der Waals surface area (Å²) in [6, 6.07) is 1.65. The molecule has 2 rings (SSSR count). The van der Waals surface area contributed by atoms with E-state index in [1.165, 1.54) is 12.8 Å². The fourth-order valence-corrected chi connectivity index (χ4v) is 2.67. The third-order valence-electron chi connectivity index (χ3n) is 3.93. The molecule has 0 spiro atoms. The van der Waals surface area contributed by atoms with Gasteiger partial charge in [-0.05, 0) is 31.7 Å². The van der Waals surface area contributed by atoms with Crippen molar-refractivity contribution < 1.29 is 9.90 Å². The van der Waals surface area contributed by atoms with E-state index in [1.54, 1.807) is 12.3 Å². The minimum atomic E-state index is -0.174. The van der Waals surface area contributed by atoms with Crippen LogP contribution in [0.25, 0.3) is 0 Å². The molecule has 0 aliphatic heterocycles. The van der Waals surface area contributed by atoms with E-state index in [0.717, 1.165) is 25.1 Å². The van der Waals surface area contributed by atoms with Crippen LogP contribution < -0.4 is 5.32 Å². The third-order valence-corrected chi connectivity index (χ3v) is 3.93. The quantitative estimate of drug-likeness (QED) is 0.834. The van der Waals surface area contributed by atoms with Gasteiger partial charge < -0.3 is 10.4 Å². The van der Waals surface area contributed by atoms with Gasteiger partial charge in [0.25, 0.3) is 5.91 Å². The minimum Gasteiger partial charge on any atom is -0.396 e. The lowest BCUT2D eigenvalue weighted by Gasteiger charge is -2.16. The lowest BCUT2D eigenvalue weighted by molar-refractivity contribution is 0.0923. The number of carbonyl (C=O) groups is 1. The van der Waals surface area contributed by atoms with Crippen molar-refractivity contribution in [3.05, 3.63) is 23.8 Å². The van der Waals surface area contributed by atoms with Gasteiger partial charge in [0, 0.05) is 24.8 Å². The molecule has 1 aliphatic carbocycles. The average Bonchev–Trinajstić information content (AvgIpc) is 3.01. The molecule has 0 radical (unpaired) electrons. The molecule has 0 aromatic carbocycles. The van der Waals surface area contributed by atoms with Crippen LogP contribution in [-0.2, 0) is 0 Å². The maximum atomic E-state index is 12.2. The first-order chi connectivity index (χ1) is 9.74. The average molecular weight is 277 g/mol. The number of carbonyl (C=O) groups excluding carboxylic acids is 1. The van der Waals surface area contributed by atoms with Gasteiger partial charge in [0.15, 0.2) is 0 Å². The Morgan fingerprint density at radius 3 is 2.90 bits per heavy atom. The van der Waals surface area contributed by atoms with Crippen LogP contribution in [-0.4, -0.2) is 33.6 Å². The van der Waals surface area contributed by atoms with Crippen LogP contribution in [0.3, 0.4) is 0 Å². The second-order valence-corrected chi connectivity index (χ2v) is 5.37. The number of hydrogen-bond acceptors (Lipinski definition) is 4. The van der Waals surface area contributed by atoms with Gasteiger partial charge in [0.2, 0.25) is 0 Å². The molecule has 1 aliphatic rings. The van der Waals surface area contributed by atoms with E-state index in [4.69, 9.17) is 5.11 Å². The summed E-state index contributed by atoms with van der Waals surface area (Å²) in [4.78, 5) is 20.9. The summed E-state index contributed by atoms with van der Waals surface area (Å²) in [6.07, 6.45) is 7.72. The first-order valence-electron chi connectivity index (χ1n) is 7.49. The smallest absolute Gasteiger partial charge is 0.270 e. The number of amides is 1.